The Kier molecular flexibility index (Phi) is 2.65. The first kappa shape index (κ1) is 10.8. The smallest absolute Gasteiger partial charge is 0.136 e. The molecule has 3 rings (SSSR count). The van der Waals surface area contributed by atoms with Gasteiger partial charge in [0.2, 0.25) is 0 Å². The molecule has 92 valence electrons. The minimum Gasteiger partial charge on any atom is -0.370 e. The molecule has 1 aromatic heterocycles. The molecule has 0 radical (unpaired) electrons. The third-order valence-electron chi connectivity index (χ3n) is 3.49. The molecule has 1 N–H and O–H groups in total. The highest BCUT2D eigenvalue weighted by Gasteiger charge is 2.30. The standard InChI is InChI=1S/C13H20N4/c1-3-14-11-8-12(17(2)10-6-7-10)16-13(15-11)9-4-5-9/h8-10H,3-7H2,1-2H3,(H,14,15,16). The number of anilines is 2. The van der Waals surface area contributed by atoms with Crippen molar-refractivity contribution in [1.82, 2.24) is 9.97 Å². The van der Waals surface area contributed by atoms with E-state index in [9.17, 15) is 0 Å². The second kappa shape index (κ2) is 4.17. The first-order valence-corrected chi connectivity index (χ1v) is 6.63. The van der Waals surface area contributed by atoms with Crippen molar-refractivity contribution in [3.8, 4) is 0 Å². The van der Waals surface area contributed by atoms with Crippen LogP contribution in [-0.4, -0.2) is 29.6 Å². The number of rotatable bonds is 5. The summed E-state index contributed by atoms with van der Waals surface area (Å²) in [6.45, 7) is 3.01. The zero-order valence-corrected chi connectivity index (χ0v) is 10.6. The van der Waals surface area contributed by atoms with Crippen LogP contribution in [0.3, 0.4) is 0 Å². The van der Waals surface area contributed by atoms with Crippen molar-refractivity contribution in [2.75, 3.05) is 23.8 Å². The zero-order chi connectivity index (χ0) is 11.8. The maximum absolute atomic E-state index is 4.71. The summed E-state index contributed by atoms with van der Waals surface area (Å²) in [7, 11) is 2.15. The van der Waals surface area contributed by atoms with E-state index in [4.69, 9.17) is 4.98 Å². The highest BCUT2D eigenvalue weighted by molar-refractivity contribution is 5.50. The lowest BCUT2D eigenvalue weighted by Crippen LogP contribution is -2.21. The summed E-state index contributed by atoms with van der Waals surface area (Å²) in [5.74, 6) is 3.71. The molecule has 1 aromatic rings. The Morgan fingerprint density at radius 3 is 2.65 bits per heavy atom. The van der Waals surface area contributed by atoms with Gasteiger partial charge in [-0.2, -0.15) is 0 Å². The molecule has 2 fully saturated rings. The molecule has 1 heterocycles. The Hall–Kier alpha value is -1.32. The molecule has 4 heteroatoms. The molecule has 0 spiro atoms. The van der Waals surface area contributed by atoms with Gasteiger partial charge in [-0.15, -0.1) is 0 Å². The summed E-state index contributed by atoms with van der Waals surface area (Å²) in [6.07, 6.45) is 5.11. The highest BCUT2D eigenvalue weighted by Crippen LogP contribution is 2.39. The van der Waals surface area contributed by atoms with Crippen LogP contribution in [-0.2, 0) is 0 Å². The normalized spacial score (nSPS) is 19.2. The van der Waals surface area contributed by atoms with Crippen molar-refractivity contribution in [3.63, 3.8) is 0 Å². The average Bonchev–Trinajstić information content (AvgIpc) is 3.19. The largest absolute Gasteiger partial charge is 0.370 e. The lowest BCUT2D eigenvalue weighted by atomic mass is 10.3. The van der Waals surface area contributed by atoms with Gasteiger partial charge in [-0.1, -0.05) is 0 Å². The van der Waals surface area contributed by atoms with Crippen LogP contribution in [0.25, 0.3) is 0 Å². The van der Waals surface area contributed by atoms with E-state index in [0.717, 1.165) is 24.0 Å². The van der Waals surface area contributed by atoms with Crippen molar-refractivity contribution < 1.29 is 0 Å². The molecule has 0 atom stereocenters. The maximum Gasteiger partial charge on any atom is 0.136 e. The van der Waals surface area contributed by atoms with Crippen molar-refractivity contribution in [2.45, 2.75) is 44.6 Å². The maximum atomic E-state index is 4.71. The predicted octanol–water partition coefficient (Wildman–Crippen LogP) is 2.38. The first-order valence-electron chi connectivity index (χ1n) is 6.63. The zero-order valence-electron chi connectivity index (χ0n) is 10.6. The minimum absolute atomic E-state index is 0.611. The molecule has 17 heavy (non-hydrogen) atoms. The summed E-state index contributed by atoms with van der Waals surface area (Å²) in [5.41, 5.74) is 0. The van der Waals surface area contributed by atoms with E-state index in [2.05, 4.69) is 35.2 Å². The van der Waals surface area contributed by atoms with E-state index in [-0.39, 0.29) is 0 Å². The second-order valence-corrected chi connectivity index (χ2v) is 5.12. The summed E-state index contributed by atoms with van der Waals surface area (Å²) >= 11 is 0. The van der Waals surface area contributed by atoms with Gasteiger partial charge in [0.25, 0.3) is 0 Å². The van der Waals surface area contributed by atoms with Crippen molar-refractivity contribution in [2.24, 2.45) is 0 Å². The van der Waals surface area contributed by atoms with Gasteiger partial charge in [0.15, 0.2) is 0 Å². The van der Waals surface area contributed by atoms with Gasteiger partial charge in [-0.05, 0) is 32.6 Å². The number of nitrogens with one attached hydrogen (secondary N) is 1. The second-order valence-electron chi connectivity index (χ2n) is 5.12. The topological polar surface area (TPSA) is 41.0 Å². The van der Waals surface area contributed by atoms with Crippen LogP contribution in [0.5, 0.6) is 0 Å². The Labute approximate surface area is 102 Å². The lowest BCUT2D eigenvalue weighted by molar-refractivity contribution is 0.850. The van der Waals surface area contributed by atoms with Crippen LogP contribution in [0, 0.1) is 0 Å². The Balaban J connectivity index is 1.89. The third kappa shape index (κ3) is 2.35. The number of hydrogen-bond acceptors (Lipinski definition) is 4. The van der Waals surface area contributed by atoms with E-state index in [1.165, 1.54) is 25.7 Å². The fourth-order valence-electron chi connectivity index (χ4n) is 2.08. The Morgan fingerprint density at radius 1 is 1.29 bits per heavy atom. The molecule has 0 amide bonds. The van der Waals surface area contributed by atoms with Crippen molar-refractivity contribution >= 4 is 11.6 Å². The van der Waals surface area contributed by atoms with Gasteiger partial charge in [-0.3, -0.25) is 0 Å². The quantitative estimate of drug-likeness (QED) is 0.846. The van der Waals surface area contributed by atoms with E-state index in [1.54, 1.807) is 0 Å². The highest BCUT2D eigenvalue weighted by atomic mass is 15.2. The molecule has 0 unspecified atom stereocenters. The fraction of sp³-hybridized carbons (Fsp3) is 0.692. The lowest BCUT2D eigenvalue weighted by Gasteiger charge is -2.19. The van der Waals surface area contributed by atoms with Gasteiger partial charge < -0.3 is 10.2 Å². The van der Waals surface area contributed by atoms with Crippen LogP contribution in [0.2, 0.25) is 0 Å². The molecule has 2 aliphatic rings. The van der Waals surface area contributed by atoms with E-state index in [0.29, 0.717) is 12.0 Å². The van der Waals surface area contributed by atoms with Gasteiger partial charge >= 0.3 is 0 Å². The fourth-order valence-corrected chi connectivity index (χ4v) is 2.08. The number of nitrogens with zero attached hydrogens (tertiary/aromatic N) is 3. The third-order valence-corrected chi connectivity index (χ3v) is 3.49. The van der Waals surface area contributed by atoms with Crippen molar-refractivity contribution in [3.05, 3.63) is 11.9 Å². The average molecular weight is 232 g/mol. The molecular formula is C13H20N4. The monoisotopic (exact) mass is 232 g/mol. The van der Waals surface area contributed by atoms with Crippen LogP contribution in [0.1, 0.15) is 44.3 Å². The first-order chi connectivity index (χ1) is 8.28. The summed E-state index contributed by atoms with van der Waals surface area (Å²) in [4.78, 5) is 11.6. The predicted molar refractivity (Wildman–Crippen MR) is 69.6 cm³/mol. The number of hydrogen-bond donors (Lipinski definition) is 1. The molecular weight excluding hydrogens is 212 g/mol. The minimum atomic E-state index is 0.611. The Morgan fingerprint density at radius 2 is 2.06 bits per heavy atom. The Bertz CT molecular complexity index is 410. The summed E-state index contributed by atoms with van der Waals surface area (Å²) < 4.78 is 0. The van der Waals surface area contributed by atoms with E-state index < -0.39 is 0 Å². The van der Waals surface area contributed by atoms with Crippen LogP contribution >= 0.6 is 0 Å². The molecule has 2 aliphatic carbocycles. The molecule has 4 nitrogen and oxygen atoms in total. The van der Waals surface area contributed by atoms with E-state index in [1.807, 2.05) is 0 Å². The molecule has 0 saturated heterocycles. The van der Waals surface area contributed by atoms with Gasteiger partial charge in [-0.25, -0.2) is 9.97 Å². The van der Waals surface area contributed by atoms with Crippen molar-refractivity contribution in [1.29, 1.82) is 0 Å². The molecule has 0 bridgehead atoms. The van der Waals surface area contributed by atoms with Crippen LogP contribution in [0.4, 0.5) is 11.6 Å². The van der Waals surface area contributed by atoms with Gasteiger partial charge in [0.1, 0.15) is 17.5 Å². The van der Waals surface area contributed by atoms with Gasteiger partial charge in [0, 0.05) is 31.6 Å². The molecule has 0 aromatic carbocycles. The SMILES string of the molecule is CCNc1cc(N(C)C2CC2)nc(C2CC2)n1. The summed E-state index contributed by atoms with van der Waals surface area (Å²) in [6, 6.07) is 2.78. The molecule has 0 aliphatic heterocycles. The van der Waals surface area contributed by atoms with Crippen LogP contribution < -0.4 is 10.2 Å². The molecule has 2 saturated carbocycles. The van der Waals surface area contributed by atoms with E-state index >= 15 is 0 Å². The number of aromatic nitrogens is 2. The van der Waals surface area contributed by atoms with Crippen LogP contribution in [0.15, 0.2) is 6.07 Å². The summed E-state index contributed by atoms with van der Waals surface area (Å²) in [5, 5.41) is 3.31. The van der Waals surface area contributed by atoms with Gasteiger partial charge in [0.05, 0.1) is 0 Å².